The second-order valence-electron chi connectivity index (χ2n) is 3.92. The van der Waals surface area contributed by atoms with Gasteiger partial charge in [-0.3, -0.25) is 9.59 Å². The van der Waals surface area contributed by atoms with Gasteiger partial charge in [0, 0.05) is 18.3 Å². The van der Waals surface area contributed by atoms with Crippen molar-refractivity contribution in [3.63, 3.8) is 0 Å². The van der Waals surface area contributed by atoms with E-state index >= 15 is 0 Å². The van der Waals surface area contributed by atoms with Crippen molar-refractivity contribution < 1.29 is 24.5 Å². The Hall–Kier alpha value is -0.940. The zero-order valence-corrected chi connectivity index (χ0v) is 9.15. The van der Waals surface area contributed by atoms with Crippen molar-refractivity contribution in [2.24, 2.45) is 5.41 Å². The first-order chi connectivity index (χ1) is 6.97. The Kier molecular flexibility index (Phi) is 6.12. The van der Waals surface area contributed by atoms with Crippen molar-refractivity contribution >= 4 is 11.8 Å². The average Bonchev–Trinajstić information content (AvgIpc) is 2.25. The molecule has 0 amide bonds. The van der Waals surface area contributed by atoms with Crippen molar-refractivity contribution in [2.75, 3.05) is 20.3 Å². The Bertz CT molecular complexity index is 220. The number of carbonyl (C=O) groups excluding carboxylic acids is 2. The first kappa shape index (κ1) is 14.1. The Morgan fingerprint density at radius 1 is 1.20 bits per heavy atom. The first-order valence-electron chi connectivity index (χ1n) is 4.77. The molecular formula is C10H18O5. The van der Waals surface area contributed by atoms with E-state index in [0.717, 1.165) is 0 Å². The van der Waals surface area contributed by atoms with Crippen molar-refractivity contribution in [3.05, 3.63) is 0 Å². The van der Waals surface area contributed by atoms with Crippen LogP contribution in [0.25, 0.3) is 0 Å². The van der Waals surface area contributed by atoms with E-state index in [9.17, 15) is 9.59 Å². The number of ketones is 1. The van der Waals surface area contributed by atoms with Gasteiger partial charge >= 0.3 is 5.97 Å². The van der Waals surface area contributed by atoms with E-state index in [-0.39, 0.29) is 38.3 Å². The largest absolute Gasteiger partial charge is 0.469 e. The molecule has 0 atom stereocenters. The quantitative estimate of drug-likeness (QED) is 0.582. The second-order valence-corrected chi connectivity index (χ2v) is 3.92. The monoisotopic (exact) mass is 218 g/mol. The molecule has 0 bridgehead atoms. The van der Waals surface area contributed by atoms with Crippen LogP contribution in [-0.2, 0) is 14.3 Å². The number of hydrogen-bond donors (Lipinski definition) is 2. The lowest BCUT2D eigenvalue weighted by atomic mass is 9.86. The van der Waals surface area contributed by atoms with Crippen LogP contribution in [0.2, 0.25) is 0 Å². The molecule has 0 unspecified atom stereocenters. The Morgan fingerprint density at radius 2 is 1.73 bits per heavy atom. The maximum atomic E-state index is 11.4. The molecule has 0 aromatic rings. The van der Waals surface area contributed by atoms with E-state index in [1.54, 1.807) is 6.92 Å². The van der Waals surface area contributed by atoms with Gasteiger partial charge in [0.05, 0.1) is 26.7 Å². The molecule has 0 aliphatic rings. The summed E-state index contributed by atoms with van der Waals surface area (Å²) in [5.41, 5.74) is -0.798. The fourth-order valence-electron chi connectivity index (χ4n) is 1.07. The van der Waals surface area contributed by atoms with Crippen LogP contribution < -0.4 is 0 Å². The maximum absolute atomic E-state index is 11.4. The minimum absolute atomic E-state index is 0.0439. The zero-order valence-electron chi connectivity index (χ0n) is 9.15. The van der Waals surface area contributed by atoms with Crippen LogP contribution >= 0.6 is 0 Å². The summed E-state index contributed by atoms with van der Waals surface area (Å²) in [5.74, 6) is -0.593. The third-order valence-corrected chi connectivity index (χ3v) is 2.22. The standard InChI is InChI=1S/C10H18O5/c1-10(6-11,7-12)5-8(13)3-4-9(14)15-2/h11-12H,3-7H2,1-2H3. The molecule has 0 aromatic carbocycles. The van der Waals surface area contributed by atoms with Crippen LogP contribution in [0.15, 0.2) is 0 Å². The van der Waals surface area contributed by atoms with Crippen molar-refractivity contribution in [2.45, 2.75) is 26.2 Å². The molecule has 0 aliphatic heterocycles. The highest BCUT2D eigenvalue weighted by atomic mass is 16.5. The van der Waals surface area contributed by atoms with E-state index < -0.39 is 11.4 Å². The number of aliphatic hydroxyl groups is 2. The molecule has 0 spiro atoms. The van der Waals surface area contributed by atoms with Gasteiger partial charge in [0.25, 0.3) is 0 Å². The minimum atomic E-state index is -0.798. The molecule has 0 aromatic heterocycles. The van der Waals surface area contributed by atoms with Gasteiger partial charge in [-0.05, 0) is 0 Å². The number of Topliss-reactive ketones (excluding diaryl/α,β-unsaturated/α-hetero) is 1. The molecule has 0 radical (unpaired) electrons. The van der Waals surface area contributed by atoms with Crippen LogP contribution in [-0.4, -0.2) is 42.3 Å². The molecule has 0 aliphatic carbocycles. The van der Waals surface area contributed by atoms with Crippen LogP contribution in [0.4, 0.5) is 0 Å². The van der Waals surface area contributed by atoms with E-state index in [4.69, 9.17) is 10.2 Å². The van der Waals surface area contributed by atoms with Gasteiger partial charge in [0.15, 0.2) is 0 Å². The zero-order chi connectivity index (χ0) is 11.9. The summed E-state index contributed by atoms with van der Waals surface area (Å²) in [6.45, 7) is 1.10. The summed E-state index contributed by atoms with van der Waals surface area (Å²) >= 11 is 0. The fourth-order valence-corrected chi connectivity index (χ4v) is 1.07. The summed E-state index contributed by atoms with van der Waals surface area (Å²) in [6.07, 6.45) is 0.196. The number of carbonyl (C=O) groups is 2. The minimum Gasteiger partial charge on any atom is -0.469 e. The summed E-state index contributed by atoms with van der Waals surface area (Å²) < 4.78 is 4.39. The number of aliphatic hydroxyl groups excluding tert-OH is 2. The van der Waals surface area contributed by atoms with Gasteiger partial charge in [-0.1, -0.05) is 6.92 Å². The predicted molar refractivity (Wildman–Crippen MR) is 53.2 cm³/mol. The third kappa shape index (κ3) is 5.49. The summed E-state index contributed by atoms with van der Waals surface area (Å²) in [6, 6.07) is 0. The number of rotatable bonds is 7. The van der Waals surface area contributed by atoms with Crippen LogP contribution in [0.3, 0.4) is 0 Å². The first-order valence-corrected chi connectivity index (χ1v) is 4.77. The highest BCUT2D eigenvalue weighted by molar-refractivity contribution is 5.83. The number of methoxy groups -OCH3 is 1. The molecule has 0 heterocycles. The second kappa shape index (κ2) is 6.53. The molecular weight excluding hydrogens is 200 g/mol. The Balaban J connectivity index is 3.97. The van der Waals surface area contributed by atoms with Crippen LogP contribution in [0.1, 0.15) is 26.2 Å². The summed E-state index contributed by atoms with van der Waals surface area (Å²) in [7, 11) is 1.26. The van der Waals surface area contributed by atoms with Crippen molar-refractivity contribution in [3.8, 4) is 0 Å². The SMILES string of the molecule is COC(=O)CCC(=O)CC(C)(CO)CO. The van der Waals surface area contributed by atoms with Crippen molar-refractivity contribution in [1.29, 1.82) is 0 Å². The molecule has 0 rings (SSSR count). The lowest BCUT2D eigenvalue weighted by Crippen LogP contribution is -2.29. The van der Waals surface area contributed by atoms with Crippen LogP contribution in [0.5, 0.6) is 0 Å². The van der Waals surface area contributed by atoms with E-state index in [1.165, 1.54) is 7.11 Å². The smallest absolute Gasteiger partial charge is 0.305 e. The molecule has 15 heavy (non-hydrogen) atoms. The topological polar surface area (TPSA) is 83.8 Å². The lowest BCUT2D eigenvalue weighted by molar-refractivity contribution is -0.142. The molecule has 0 saturated heterocycles. The number of hydrogen-bond acceptors (Lipinski definition) is 5. The van der Waals surface area contributed by atoms with E-state index in [1.807, 2.05) is 0 Å². The maximum Gasteiger partial charge on any atom is 0.305 e. The molecule has 88 valence electrons. The summed E-state index contributed by atoms with van der Waals surface area (Å²) in [5, 5.41) is 17.9. The van der Waals surface area contributed by atoms with Gasteiger partial charge in [-0.15, -0.1) is 0 Å². The molecule has 0 fully saturated rings. The normalized spacial score (nSPS) is 11.2. The molecule has 0 saturated carbocycles. The summed E-state index contributed by atoms with van der Waals surface area (Å²) in [4.78, 5) is 22.1. The van der Waals surface area contributed by atoms with E-state index in [0.29, 0.717) is 0 Å². The molecule has 5 nitrogen and oxygen atoms in total. The predicted octanol–water partition coefficient (Wildman–Crippen LogP) is -0.110. The molecule has 2 N–H and O–H groups in total. The number of esters is 1. The van der Waals surface area contributed by atoms with Gasteiger partial charge in [-0.2, -0.15) is 0 Å². The molecule has 5 heteroatoms. The highest BCUT2D eigenvalue weighted by Crippen LogP contribution is 2.20. The van der Waals surface area contributed by atoms with Gasteiger partial charge in [0.1, 0.15) is 5.78 Å². The van der Waals surface area contributed by atoms with Crippen LogP contribution in [0, 0.1) is 5.41 Å². The number of ether oxygens (including phenoxy) is 1. The fraction of sp³-hybridized carbons (Fsp3) is 0.800. The lowest BCUT2D eigenvalue weighted by Gasteiger charge is -2.23. The Morgan fingerprint density at radius 3 is 2.13 bits per heavy atom. The van der Waals surface area contributed by atoms with Gasteiger partial charge in [0.2, 0.25) is 0 Å². The average molecular weight is 218 g/mol. The van der Waals surface area contributed by atoms with Gasteiger partial charge < -0.3 is 14.9 Å². The van der Waals surface area contributed by atoms with Crippen molar-refractivity contribution in [1.82, 2.24) is 0 Å². The van der Waals surface area contributed by atoms with E-state index in [2.05, 4.69) is 4.74 Å². The highest BCUT2D eigenvalue weighted by Gasteiger charge is 2.25. The Labute approximate surface area is 89.0 Å². The third-order valence-electron chi connectivity index (χ3n) is 2.22. The van der Waals surface area contributed by atoms with Gasteiger partial charge in [-0.25, -0.2) is 0 Å².